The first kappa shape index (κ1) is 20.9. The van der Waals surface area contributed by atoms with Crippen LogP contribution in [0.25, 0.3) is 0 Å². The summed E-state index contributed by atoms with van der Waals surface area (Å²) in [6.07, 6.45) is 0. The second kappa shape index (κ2) is 10.1. The van der Waals surface area contributed by atoms with E-state index < -0.39 is 0 Å². The Bertz CT molecular complexity index is 727. The van der Waals surface area contributed by atoms with Crippen LogP contribution in [0.1, 0.15) is 47.3 Å². The highest BCUT2D eigenvalue weighted by molar-refractivity contribution is 5.96. The summed E-state index contributed by atoms with van der Waals surface area (Å²) in [6.45, 7) is 6.00. The first-order chi connectivity index (χ1) is 12.9. The minimum absolute atomic E-state index is 0.176. The molecule has 1 amide bonds. The number of benzene rings is 2. The molecule has 0 aromatic heterocycles. The highest BCUT2D eigenvalue weighted by atomic mass is 16.5. The van der Waals surface area contributed by atoms with Crippen LogP contribution in [-0.4, -0.2) is 44.6 Å². The summed E-state index contributed by atoms with van der Waals surface area (Å²) < 4.78 is 5.76. The number of ether oxygens (including phenoxy) is 1. The maximum atomic E-state index is 12.6. The van der Waals surface area contributed by atoms with E-state index in [-0.39, 0.29) is 11.9 Å². The lowest BCUT2D eigenvalue weighted by Crippen LogP contribution is -2.32. The largest absolute Gasteiger partial charge is 0.491 e. The monoisotopic (exact) mass is 369 g/mol. The highest BCUT2D eigenvalue weighted by Crippen LogP contribution is 2.19. The lowest BCUT2D eigenvalue weighted by molar-refractivity contribution is 0.0946. The molecule has 2 aromatic carbocycles. The topological polar surface area (TPSA) is 67.6 Å². The fourth-order valence-electron chi connectivity index (χ4n) is 2.66. The summed E-state index contributed by atoms with van der Waals surface area (Å²) in [7, 11) is 3.97. The number of hydrogen-bond acceptors (Lipinski definition) is 4. The SMILES string of the molecule is CC(C)c1ccc(C(N)CNC(=O)c2ccccc2OCCN(C)C)cc1. The Morgan fingerprint density at radius 3 is 2.33 bits per heavy atom. The standard InChI is InChI=1S/C22H31N3O2/c1-16(2)17-9-11-18(12-10-17)20(23)15-24-22(26)19-7-5-6-8-21(19)27-14-13-25(3)4/h5-12,16,20H,13-15,23H2,1-4H3,(H,24,26). The van der Waals surface area contributed by atoms with E-state index >= 15 is 0 Å². The summed E-state index contributed by atoms with van der Waals surface area (Å²) in [5.74, 6) is 0.899. The molecular formula is C22H31N3O2. The van der Waals surface area contributed by atoms with Gasteiger partial charge in [-0.05, 0) is 43.3 Å². The Balaban J connectivity index is 1.95. The maximum absolute atomic E-state index is 12.6. The van der Waals surface area contributed by atoms with E-state index in [2.05, 4.69) is 31.3 Å². The number of hydrogen-bond donors (Lipinski definition) is 2. The molecule has 0 aliphatic heterocycles. The lowest BCUT2D eigenvalue weighted by atomic mass is 9.99. The normalized spacial score (nSPS) is 12.3. The quantitative estimate of drug-likeness (QED) is 0.712. The second-order valence-electron chi connectivity index (χ2n) is 7.29. The zero-order chi connectivity index (χ0) is 19.8. The van der Waals surface area contributed by atoms with Gasteiger partial charge in [-0.3, -0.25) is 4.79 Å². The molecule has 1 unspecified atom stereocenters. The average Bonchev–Trinajstić information content (AvgIpc) is 2.66. The van der Waals surface area contributed by atoms with Crippen LogP contribution in [0.4, 0.5) is 0 Å². The fraction of sp³-hybridized carbons (Fsp3) is 0.409. The van der Waals surface area contributed by atoms with Crippen LogP contribution in [0.15, 0.2) is 48.5 Å². The maximum Gasteiger partial charge on any atom is 0.255 e. The molecule has 0 aliphatic rings. The Labute approximate surface area is 162 Å². The van der Waals surface area contributed by atoms with Crippen LogP contribution in [0.2, 0.25) is 0 Å². The summed E-state index contributed by atoms with van der Waals surface area (Å²) >= 11 is 0. The molecule has 3 N–H and O–H groups in total. The van der Waals surface area contributed by atoms with Crippen LogP contribution in [0, 0.1) is 0 Å². The first-order valence-corrected chi connectivity index (χ1v) is 9.38. The summed E-state index contributed by atoms with van der Waals surface area (Å²) in [4.78, 5) is 14.6. The van der Waals surface area contributed by atoms with Gasteiger partial charge < -0.3 is 20.7 Å². The number of nitrogens with two attached hydrogens (primary N) is 1. The van der Waals surface area contributed by atoms with Gasteiger partial charge in [0, 0.05) is 19.1 Å². The third-order valence-electron chi connectivity index (χ3n) is 4.44. The molecule has 0 fully saturated rings. The Morgan fingerprint density at radius 1 is 1.07 bits per heavy atom. The van der Waals surface area contributed by atoms with Crippen molar-refractivity contribution < 1.29 is 9.53 Å². The van der Waals surface area contributed by atoms with Gasteiger partial charge in [0.2, 0.25) is 0 Å². The van der Waals surface area contributed by atoms with Crippen molar-refractivity contribution in [1.82, 2.24) is 10.2 Å². The minimum atomic E-state index is -0.253. The number of para-hydroxylation sites is 1. The zero-order valence-electron chi connectivity index (χ0n) is 16.7. The highest BCUT2D eigenvalue weighted by Gasteiger charge is 2.14. The van der Waals surface area contributed by atoms with Crippen molar-refractivity contribution in [3.8, 4) is 5.75 Å². The number of amides is 1. The predicted octanol–water partition coefficient (Wildman–Crippen LogP) is 3.18. The average molecular weight is 370 g/mol. The smallest absolute Gasteiger partial charge is 0.255 e. The Morgan fingerprint density at radius 2 is 1.70 bits per heavy atom. The van der Waals surface area contributed by atoms with Crippen LogP contribution in [-0.2, 0) is 0 Å². The molecule has 0 saturated heterocycles. The van der Waals surface area contributed by atoms with E-state index in [0.717, 1.165) is 12.1 Å². The summed E-state index contributed by atoms with van der Waals surface area (Å²) in [5, 5.41) is 2.92. The molecule has 146 valence electrons. The van der Waals surface area contributed by atoms with Gasteiger partial charge in [-0.25, -0.2) is 0 Å². The van der Waals surface area contributed by atoms with Crippen molar-refractivity contribution in [1.29, 1.82) is 0 Å². The van der Waals surface area contributed by atoms with Crippen molar-refractivity contribution in [2.24, 2.45) is 5.73 Å². The van der Waals surface area contributed by atoms with Gasteiger partial charge in [-0.1, -0.05) is 50.2 Å². The van der Waals surface area contributed by atoms with Crippen LogP contribution in [0.5, 0.6) is 5.75 Å². The number of carbonyl (C=O) groups is 1. The summed E-state index contributed by atoms with van der Waals surface area (Å²) in [5.41, 5.74) is 9.06. The van der Waals surface area contributed by atoms with E-state index in [1.807, 2.05) is 49.3 Å². The van der Waals surface area contributed by atoms with Crippen LogP contribution < -0.4 is 15.8 Å². The molecule has 1 atom stereocenters. The van der Waals surface area contributed by atoms with Crippen LogP contribution in [0.3, 0.4) is 0 Å². The molecule has 0 aliphatic carbocycles. The predicted molar refractivity (Wildman–Crippen MR) is 110 cm³/mol. The summed E-state index contributed by atoms with van der Waals surface area (Å²) in [6, 6.07) is 15.3. The van der Waals surface area contributed by atoms with Gasteiger partial charge in [-0.15, -0.1) is 0 Å². The molecule has 0 spiro atoms. The molecular weight excluding hydrogens is 338 g/mol. The third kappa shape index (κ3) is 6.38. The minimum Gasteiger partial charge on any atom is -0.491 e. The van der Waals surface area contributed by atoms with Crippen molar-refractivity contribution in [2.75, 3.05) is 33.8 Å². The molecule has 2 aromatic rings. The van der Waals surface area contributed by atoms with Gasteiger partial charge in [0.1, 0.15) is 12.4 Å². The number of carbonyl (C=O) groups excluding carboxylic acids is 1. The molecule has 0 saturated carbocycles. The Hall–Kier alpha value is -2.37. The van der Waals surface area contributed by atoms with Crippen molar-refractivity contribution in [2.45, 2.75) is 25.8 Å². The van der Waals surface area contributed by atoms with Gasteiger partial charge in [-0.2, -0.15) is 0 Å². The van der Waals surface area contributed by atoms with Gasteiger partial charge >= 0.3 is 0 Å². The van der Waals surface area contributed by atoms with E-state index in [1.165, 1.54) is 5.56 Å². The fourth-order valence-corrected chi connectivity index (χ4v) is 2.66. The van der Waals surface area contributed by atoms with Crippen molar-refractivity contribution in [3.63, 3.8) is 0 Å². The van der Waals surface area contributed by atoms with Gasteiger partial charge in [0.15, 0.2) is 0 Å². The van der Waals surface area contributed by atoms with E-state index in [1.54, 1.807) is 6.07 Å². The first-order valence-electron chi connectivity index (χ1n) is 9.38. The Kier molecular flexibility index (Phi) is 7.82. The number of nitrogens with zero attached hydrogens (tertiary/aromatic N) is 1. The third-order valence-corrected chi connectivity index (χ3v) is 4.44. The molecule has 5 nitrogen and oxygen atoms in total. The molecule has 0 heterocycles. The number of nitrogens with one attached hydrogen (secondary N) is 1. The van der Waals surface area contributed by atoms with Crippen LogP contribution >= 0.6 is 0 Å². The van der Waals surface area contributed by atoms with E-state index in [0.29, 0.717) is 30.4 Å². The van der Waals surface area contributed by atoms with Crippen molar-refractivity contribution >= 4 is 5.91 Å². The molecule has 0 bridgehead atoms. The molecule has 5 heteroatoms. The van der Waals surface area contributed by atoms with E-state index in [9.17, 15) is 4.79 Å². The lowest BCUT2D eigenvalue weighted by Gasteiger charge is -2.16. The van der Waals surface area contributed by atoms with Crippen molar-refractivity contribution in [3.05, 3.63) is 65.2 Å². The number of rotatable bonds is 9. The molecule has 2 rings (SSSR count). The second-order valence-corrected chi connectivity index (χ2v) is 7.29. The number of likely N-dealkylation sites (N-methyl/N-ethyl adjacent to an activating group) is 1. The van der Waals surface area contributed by atoms with Gasteiger partial charge in [0.05, 0.1) is 5.56 Å². The van der Waals surface area contributed by atoms with E-state index in [4.69, 9.17) is 10.5 Å². The zero-order valence-corrected chi connectivity index (χ0v) is 16.7. The van der Waals surface area contributed by atoms with Gasteiger partial charge in [0.25, 0.3) is 5.91 Å². The molecule has 27 heavy (non-hydrogen) atoms. The molecule has 0 radical (unpaired) electrons.